The molecule has 2 aliphatic heterocycles. The van der Waals surface area contributed by atoms with Gasteiger partial charge < -0.3 is 50.0 Å². The van der Waals surface area contributed by atoms with Crippen LogP contribution >= 0.6 is 0 Å². The average Bonchev–Trinajstić information content (AvgIpc) is 2.47. The lowest BCUT2D eigenvalue weighted by atomic mass is 9.98. The van der Waals surface area contributed by atoms with Gasteiger partial charge in [0.1, 0.15) is 42.7 Å². The second kappa shape index (κ2) is 6.79. The van der Waals surface area contributed by atoms with Crippen molar-refractivity contribution in [2.24, 2.45) is 0 Å². The van der Waals surface area contributed by atoms with Crippen LogP contribution in [0.25, 0.3) is 0 Å². The minimum atomic E-state index is -1.66. The zero-order chi connectivity index (χ0) is 15.7. The molecule has 10 heteroatoms. The SMILES string of the molecule is OC[C@H]1O[C@H](O[C@@H]2[C@H](O)COC(O)[C@H]2O)[C@H](O)[C@@H](O)[C@@H]1O. The van der Waals surface area contributed by atoms with Crippen molar-refractivity contribution in [2.45, 2.75) is 55.3 Å². The van der Waals surface area contributed by atoms with Gasteiger partial charge in [0.15, 0.2) is 12.6 Å². The summed E-state index contributed by atoms with van der Waals surface area (Å²) in [6, 6.07) is 0. The summed E-state index contributed by atoms with van der Waals surface area (Å²) in [5, 5.41) is 66.8. The minimum Gasteiger partial charge on any atom is -0.394 e. The summed E-state index contributed by atoms with van der Waals surface area (Å²) in [5.74, 6) is 0. The van der Waals surface area contributed by atoms with E-state index in [-0.39, 0.29) is 6.61 Å². The Morgan fingerprint density at radius 1 is 0.905 bits per heavy atom. The van der Waals surface area contributed by atoms with Crippen molar-refractivity contribution in [3.63, 3.8) is 0 Å². The van der Waals surface area contributed by atoms with Crippen LogP contribution in [0, 0.1) is 0 Å². The van der Waals surface area contributed by atoms with Gasteiger partial charge in [0.25, 0.3) is 0 Å². The van der Waals surface area contributed by atoms with Crippen LogP contribution in [0.4, 0.5) is 0 Å². The molecule has 0 spiro atoms. The molecule has 2 saturated heterocycles. The van der Waals surface area contributed by atoms with E-state index in [0.717, 1.165) is 0 Å². The summed E-state index contributed by atoms with van der Waals surface area (Å²) in [7, 11) is 0. The Kier molecular flexibility index (Phi) is 5.48. The van der Waals surface area contributed by atoms with Crippen LogP contribution in [-0.2, 0) is 14.2 Å². The van der Waals surface area contributed by atoms with Crippen molar-refractivity contribution in [3.05, 3.63) is 0 Å². The molecule has 2 aliphatic rings. The quantitative estimate of drug-likeness (QED) is 0.268. The van der Waals surface area contributed by atoms with Gasteiger partial charge >= 0.3 is 0 Å². The fourth-order valence-electron chi connectivity index (χ4n) is 2.29. The lowest BCUT2D eigenvalue weighted by Gasteiger charge is -2.43. The molecule has 0 amide bonds. The number of aliphatic hydroxyl groups is 7. The molecule has 2 fully saturated rings. The van der Waals surface area contributed by atoms with Gasteiger partial charge in [-0.15, -0.1) is 0 Å². The van der Waals surface area contributed by atoms with Crippen molar-refractivity contribution < 1.29 is 50.0 Å². The third kappa shape index (κ3) is 3.35. The van der Waals surface area contributed by atoms with E-state index in [1.807, 2.05) is 0 Å². The standard InChI is InChI=1S/C11H20O10/c12-1-4-5(14)6(15)7(16)11(20-4)21-9-3(13)2-19-10(18)8(9)17/h3-18H,1-2H2/t3-,4-,5-,6+,7-,8+,9-,10?,11-/m1/s1. The lowest BCUT2D eigenvalue weighted by molar-refractivity contribution is -0.345. The molecular formula is C11H20O10. The van der Waals surface area contributed by atoms with E-state index < -0.39 is 61.9 Å². The van der Waals surface area contributed by atoms with E-state index in [9.17, 15) is 30.6 Å². The van der Waals surface area contributed by atoms with E-state index in [2.05, 4.69) is 4.74 Å². The molecule has 0 radical (unpaired) electrons. The van der Waals surface area contributed by atoms with Crippen LogP contribution < -0.4 is 0 Å². The molecule has 0 saturated carbocycles. The highest BCUT2D eigenvalue weighted by Gasteiger charge is 2.48. The second-order valence-electron chi connectivity index (χ2n) is 5.08. The van der Waals surface area contributed by atoms with Gasteiger partial charge in [0, 0.05) is 0 Å². The molecule has 10 nitrogen and oxygen atoms in total. The number of rotatable bonds is 3. The maximum Gasteiger partial charge on any atom is 0.187 e. The van der Waals surface area contributed by atoms with Crippen molar-refractivity contribution >= 4 is 0 Å². The molecule has 2 rings (SSSR count). The predicted octanol–water partition coefficient (Wildman–Crippen LogP) is -4.76. The first-order valence-corrected chi connectivity index (χ1v) is 6.48. The average molecular weight is 312 g/mol. The Morgan fingerprint density at radius 2 is 1.57 bits per heavy atom. The fourth-order valence-corrected chi connectivity index (χ4v) is 2.29. The largest absolute Gasteiger partial charge is 0.394 e. The first-order valence-electron chi connectivity index (χ1n) is 6.48. The number of hydrogen-bond acceptors (Lipinski definition) is 10. The van der Waals surface area contributed by atoms with Crippen molar-refractivity contribution in [3.8, 4) is 0 Å². The summed E-state index contributed by atoms with van der Waals surface area (Å²) < 4.78 is 15.0. The van der Waals surface area contributed by atoms with Crippen molar-refractivity contribution in [2.75, 3.05) is 13.2 Å². The number of aliphatic hydroxyl groups excluding tert-OH is 7. The van der Waals surface area contributed by atoms with E-state index in [4.69, 9.17) is 14.6 Å². The molecule has 2 heterocycles. The van der Waals surface area contributed by atoms with Gasteiger partial charge in [-0.3, -0.25) is 0 Å². The third-order valence-electron chi connectivity index (χ3n) is 3.59. The summed E-state index contributed by atoms with van der Waals surface area (Å²) in [4.78, 5) is 0. The molecule has 0 aromatic rings. The topological polar surface area (TPSA) is 169 Å². The lowest BCUT2D eigenvalue weighted by Crippen LogP contribution is -2.62. The monoisotopic (exact) mass is 312 g/mol. The predicted molar refractivity (Wildman–Crippen MR) is 62.6 cm³/mol. The first kappa shape index (κ1) is 17.0. The summed E-state index contributed by atoms with van der Waals surface area (Å²) >= 11 is 0. The molecule has 21 heavy (non-hydrogen) atoms. The highest BCUT2D eigenvalue weighted by atomic mass is 16.7. The Labute approximate surface area is 119 Å². The smallest absolute Gasteiger partial charge is 0.187 e. The zero-order valence-corrected chi connectivity index (χ0v) is 11.0. The van der Waals surface area contributed by atoms with E-state index in [1.165, 1.54) is 0 Å². The van der Waals surface area contributed by atoms with Crippen molar-refractivity contribution in [1.29, 1.82) is 0 Å². The fraction of sp³-hybridized carbons (Fsp3) is 1.00. The Hall–Kier alpha value is -0.400. The van der Waals surface area contributed by atoms with Gasteiger partial charge in [-0.05, 0) is 0 Å². The number of ether oxygens (including phenoxy) is 3. The molecule has 0 bridgehead atoms. The number of hydrogen-bond donors (Lipinski definition) is 7. The Balaban J connectivity index is 2.06. The van der Waals surface area contributed by atoms with Gasteiger partial charge in [-0.25, -0.2) is 0 Å². The van der Waals surface area contributed by atoms with Gasteiger partial charge in [0.2, 0.25) is 0 Å². The second-order valence-corrected chi connectivity index (χ2v) is 5.08. The van der Waals surface area contributed by atoms with Gasteiger partial charge in [-0.1, -0.05) is 0 Å². The molecule has 7 N–H and O–H groups in total. The highest BCUT2D eigenvalue weighted by molar-refractivity contribution is 4.91. The molecule has 0 aliphatic carbocycles. The normalized spacial score (nSPS) is 51.9. The Bertz CT molecular complexity index is 339. The van der Waals surface area contributed by atoms with E-state index >= 15 is 0 Å². The van der Waals surface area contributed by atoms with Gasteiger partial charge in [-0.2, -0.15) is 0 Å². The zero-order valence-electron chi connectivity index (χ0n) is 11.0. The molecule has 9 atom stereocenters. The maximum atomic E-state index is 9.79. The molecule has 1 unspecified atom stereocenters. The molecule has 0 aromatic carbocycles. The molecule has 124 valence electrons. The van der Waals surface area contributed by atoms with Crippen LogP contribution in [0.5, 0.6) is 0 Å². The molecule has 0 aromatic heterocycles. The van der Waals surface area contributed by atoms with Crippen LogP contribution in [0.2, 0.25) is 0 Å². The van der Waals surface area contributed by atoms with Gasteiger partial charge in [0.05, 0.1) is 13.2 Å². The maximum absolute atomic E-state index is 9.79. The van der Waals surface area contributed by atoms with Crippen LogP contribution in [0.3, 0.4) is 0 Å². The van der Waals surface area contributed by atoms with Crippen LogP contribution in [0.15, 0.2) is 0 Å². The summed E-state index contributed by atoms with van der Waals surface area (Å²) in [6.45, 7) is -0.938. The van der Waals surface area contributed by atoms with Crippen LogP contribution in [0.1, 0.15) is 0 Å². The third-order valence-corrected chi connectivity index (χ3v) is 3.59. The van der Waals surface area contributed by atoms with Crippen molar-refractivity contribution in [1.82, 2.24) is 0 Å². The summed E-state index contributed by atoms with van der Waals surface area (Å²) in [6.07, 6.45) is -13.3. The highest BCUT2D eigenvalue weighted by Crippen LogP contribution is 2.26. The summed E-state index contributed by atoms with van der Waals surface area (Å²) in [5.41, 5.74) is 0. The first-order chi connectivity index (χ1) is 9.86. The van der Waals surface area contributed by atoms with E-state index in [1.54, 1.807) is 0 Å². The minimum absolute atomic E-state index is 0.305. The molecular weight excluding hydrogens is 292 g/mol. The Morgan fingerprint density at radius 3 is 2.19 bits per heavy atom. The van der Waals surface area contributed by atoms with E-state index in [0.29, 0.717) is 0 Å². The van der Waals surface area contributed by atoms with Crippen LogP contribution in [-0.4, -0.2) is 104 Å².